The Kier molecular flexibility index (Phi) is 4.86. The summed E-state index contributed by atoms with van der Waals surface area (Å²) in [7, 11) is -2.59. The summed E-state index contributed by atoms with van der Waals surface area (Å²) in [6.45, 7) is 0. The third-order valence-electron chi connectivity index (χ3n) is 3.82. The summed E-state index contributed by atoms with van der Waals surface area (Å²) in [5.41, 5.74) is 0.578. The summed E-state index contributed by atoms with van der Waals surface area (Å²) in [6.07, 6.45) is -4.59. The summed E-state index contributed by atoms with van der Waals surface area (Å²) in [6, 6.07) is 13.2. The second kappa shape index (κ2) is 6.95. The van der Waals surface area contributed by atoms with Crippen LogP contribution in [0.5, 0.6) is 0 Å². The molecule has 0 N–H and O–H groups in total. The molecule has 1 aromatic heterocycles. The Morgan fingerprint density at radius 1 is 0.846 bits per heavy atom. The zero-order valence-electron chi connectivity index (χ0n) is 13.2. The van der Waals surface area contributed by atoms with Gasteiger partial charge in [-0.2, -0.15) is 13.2 Å². The quantitative estimate of drug-likeness (QED) is 0.535. The molecule has 3 aromatic rings. The molecule has 0 saturated carbocycles. The Morgan fingerprint density at radius 2 is 1.46 bits per heavy atom. The van der Waals surface area contributed by atoms with Gasteiger partial charge in [-0.3, -0.25) is 0 Å². The predicted octanol–water partition coefficient (Wildman–Crippen LogP) is 4.41. The van der Waals surface area contributed by atoms with Crippen LogP contribution in [0.2, 0.25) is 0 Å². The maximum absolute atomic E-state index is 13.4. The van der Waals surface area contributed by atoms with E-state index in [2.05, 4.69) is 0 Å². The lowest BCUT2D eigenvalue weighted by molar-refractivity contribution is -0.142. The molecular formula is C18H13F4NO2S. The van der Waals surface area contributed by atoms with Crippen molar-refractivity contribution in [3.05, 3.63) is 77.7 Å². The highest BCUT2D eigenvalue weighted by molar-refractivity contribution is 7.71. The standard InChI is InChI=1S/C18H13F4NO2S/c19-14-5-7-15(8-6-14)23-16(9-10-17(23)18(20,21)22)13-3-1-12(2-4-13)11-26(24)25/h1-10,26H,11H2. The van der Waals surface area contributed by atoms with Gasteiger partial charge in [-0.05, 0) is 47.5 Å². The second-order valence-corrected chi connectivity index (χ2v) is 6.58. The minimum Gasteiger partial charge on any atom is -0.305 e. The molecule has 3 rings (SSSR count). The van der Waals surface area contributed by atoms with E-state index in [1.54, 1.807) is 24.3 Å². The molecule has 0 unspecified atom stereocenters. The van der Waals surface area contributed by atoms with Gasteiger partial charge in [0.25, 0.3) is 0 Å². The van der Waals surface area contributed by atoms with Crippen LogP contribution in [0.3, 0.4) is 0 Å². The first-order valence-electron chi connectivity index (χ1n) is 7.52. The van der Waals surface area contributed by atoms with E-state index in [-0.39, 0.29) is 17.1 Å². The third-order valence-corrected chi connectivity index (χ3v) is 4.44. The summed E-state index contributed by atoms with van der Waals surface area (Å²) >= 11 is 0. The molecule has 0 atom stereocenters. The van der Waals surface area contributed by atoms with Crippen LogP contribution in [0.4, 0.5) is 17.6 Å². The molecule has 0 saturated heterocycles. The molecule has 3 nitrogen and oxygen atoms in total. The molecule has 2 aromatic carbocycles. The van der Waals surface area contributed by atoms with Crippen LogP contribution < -0.4 is 0 Å². The number of halogens is 4. The van der Waals surface area contributed by atoms with Gasteiger partial charge in [0.05, 0.1) is 11.4 Å². The minimum absolute atomic E-state index is 0.137. The number of thiol groups is 1. The van der Waals surface area contributed by atoms with Gasteiger partial charge >= 0.3 is 6.18 Å². The summed E-state index contributed by atoms with van der Waals surface area (Å²) in [4.78, 5) is 0. The fraction of sp³-hybridized carbons (Fsp3) is 0.111. The highest BCUT2D eigenvalue weighted by atomic mass is 32.2. The van der Waals surface area contributed by atoms with Crippen molar-refractivity contribution in [3.8, 4) is 16.9 Å². The van der Waals surface area contributed by atoms with Crippen LogP contribution >= 0.6 is 0 Å². The average molecular weight is 383 g/mol. The molecule has 0 fully saturated rings. The van der Waals surface area contributed by atoms with Crippen molar-refractivity contribution in [2.24, 2.45) is 0 Å². The number of rotatable bonds is 4. The van der Waals surface area contributed by atoms with Crippen molar-refractivity contribution in [1.29, 1.82) is 0 Å². The fourth-order valence-electron chi connectivity index (χ4n) is 2.68. The molecule has 0 radical (unpaired) electrons. The van der Waals surface area contributed by atoms with Crippen molar-refractivity contribution in [1.82, 2.24) is 4.57 Å². The number of aromatic nitrogens is 1. The lowest BCUT2D eigenvalue weighted by Crippen LogP contribution is -2.13. The summed E-state index contributed by atoms with van der Waals surface area (Å²) in [5.74, 6) is -0.686. The van der Waals surface area contributed by atoms with E-state index in [1.807, 2.05) is 0 Å². The largest absolute Gasteiger partial charge is 0.431 e. The lowest BCUT2D eigenvalue weighted by atomic mass is 10.1. The Labute approximate surface area is 148 Å². The van der Waals surface area contributed by atoms with E-state index in [0.29, 0.717) is 11.1 Å². The zero-order valence-corrected chi connectivity index (χ0v) is 14.1. The van der Waals surface area contributed by atoms with Gasteiger partial charge in [-0.25, -0.2) is 12.8 Å². The lowest BCUT2D eigenvalue weighted by Gasteiger charge is -2.16. The minimum atomic E-state index is -4.59. The fourth-order valence-corrected chi connectivity index (χ4v) is 3.19. The van der Waals surface area contributed by atoms with Gasteiger partial charge in [0.2, 0.25) is 0 Å². The Bertz CT molecular complexity index is 980. The van der Waals surface area contributed by atoms with Gasteiger partial charge in [-0.15, -0.1) is 0 Å². The Hall–Kier alpha value is -2.61. The van der Waals surface area contributed by atoms with Crippen LogP contribution in [0.25, 0.3) is 16.9 Å². The first-order chi connectivity index (χ1) is 12.3. The van der Waals surface area contributed by atoms with E-state index in [4.69, 9.17) is 0 Å². The van der Waals surface area contributed by atoms with Gasteiger partial charge in [0.15, 0.2) is 0 Å². The molecule has 26 heavy (non-hydrogen) atoms. The number of nitrogens with zero attached hydrogens (tertiary/aromatic N) is 1. The van der Waals surface area contributed by atoms with Crippen LogP contribution in [0.1, 0.15) is 11.3 Å². The first kappa shape index (κ1) is 18.2. The number of benzene rings is 2. The van der Waals surface area contributed by atoms with Gasteiger partial charge in [0, 0.05) is 5.69 Å². The topological polar surface area (TPSA) is 39.1 Å². The van der Waals surface area contributed by atoms with E-state index in [0.717, 1.165) is 22.8 Å². The summed E-state index contributed by atoms with van der Waals surface area (Å²) in [5, 5.41) is 0. The highest BCUT2D eigenvalue weighted by Gasteiger charge is 2.35. The molecule has 0 amide bonds. The average Bonchev–Trinajstić information content (AvgIpc) is 3.01. The van der Waals surface area contributed by atoms with Gasteiger partial charge in [0.1, 0.15) is 22.2 Å². The normalized spacial score (nSPS) is 11.9. The number of hydrogen-bond donors (Lipinski definition) is 1. The van der Waals surface area contributed by atoms with Crippen molar-refractivity contribution in [2.45, 2.75) is 11.9 Å². The zero-order chi connectivity index (χ0) is 18.9. The molecule has 0 aliphatic carbocycles. The van der Waals surface area contributed by atoms with Crippen LogP contribution in [-0.4, -0.2) is 13.0 Å². The number of alkyl halides is 3. The Morgan fingerprint density at radius 3 is 2.00 bits per heavy atom. The maximum atomic E-state index is 13.4. The monoisotopic (exact) mass is 383 g/mol. The molecule has 1 heterocycles. The first-order valence-corrected chi connectivity index (χ1v) is 8.88. The van der Waals surface area contributed by atoms with Crippen LogP contribution in [0, 0.1) is 5.82 Å². The smallest absolute Gasteiger partial charge is 0.305 e. The molecule has 0 aliphatic rings. The van der Waals surface area contributed by atoms with E-state index in [9.17, 15) is 26.0 Å². The molecule has 0 spiro atoms. The number of hydrogen-bond acceptors (Lipinski definition) is 2. The second-order valence-electron chi connectivity index (χ2n) is 5.60. The van der Waals surface area contributed by atoms with Crippen LogP contribution in [0.15, 0.2) is 60.7 Å². The summed E-state index contributed by atoms with van der Waals surface area (Å²) < 4.78 is 75.9. The molecular weight excluding hydrogens is 370 g/mol. The molecule has 8 heteroatoms. The molecule has 0 aliphatic heterocycles. The van der Waals surface area contributed by atoms with Gasteiger partial charge < -0.3 is 4.57 Å². The predicted molar refractivity (Wildman–Crippen MR) is 90.2 cm³/mol. The van der Waals surface area contributed by atoms with E-state index >= 15 is 0 Å². The SMILES string of the molecule is O=[SH](=O)Cc1ccc(-c2ccc(C(F)(F)F)n2-c2ccc(F)cc2)cc1. The maximum Gasteiger partial charge on any atom is 0.431 e. The van der Waals surface area contributed by atoms with E-state index < -0.39 is 28.4 Å². The molecule has 0 bridgehead atoms. The van der Waals surface area contributed by atoms with Crippen molar-refractivity contribution >= 4 is 10.7 Å². The van der Waals surface area contributed by atoms with Crippen molar-refractivity contribution in [2.75, 3.05) is 0 Å². The Balaban J connectivity index is 2.13. The van der Waals surface area contributed by atoms with Crippen molar-refractivity contribution < 1.29 is 26.0 Å². The van der Waals surface area contributed by atoms with Crippen molar-refractivity contribution in [3.63, 3.8) is 0 Å². The third kappa shape index (κ3) is 3.80. The highest BCUT2D eigenvalue weighted by Crippen LogP contribution is 2.36. The van der Waals surface area contributed by atoms with Crippen LogP contribution in [-0.2, 0) is 22.6 Å². The molecule has 136 valence electrons. The van der Waals surface area contributed by atoms with Gasteiger partial charge in [-0.1, -0.05) is 24.3 Å². The van der Waals surface area contributed by atoms with E-state index in [1.165, 1.54) is 18.2 Å².